The van der Waals surface area contributed by atoms with Crippen molar-refractivity contribution in [3.05, 3.63) is 0 Å². The molecule has 22 heavy (non-hydrogen) atoms. The van der Waals surface area contributed by atoms with Crippen molar-refractivity contribution in [3.8, 4) is 0 Å². The van der Waals surface area contributed by atoms with Gasteiger partial charge in [-0.15, -0.1) is 0 Å². The highest BCUT2D eigenvalue weighted by molar-refractivity contribution is 4.93. The van der Waals surface area contributed by atoms with Gasteiger partial charge in [0.1, 0.15) is 12.2 Å². The van der Waals surface area contributed by atoms with Crippen LogP contribution in [0.5, 0.6) is 0 Å². The zero-order valence-electron chi connectivity index (χ0n) is 10.8. The topological polar surface area (TPSA) is 51.2 Å². The van der Waals surface area contributed by atoms with Gasteiger partial charge in [-0.05, 0) is 0 Å². The molecule has 1 aliphatic rings. The van der Waals surface area contributed by atoms with E-state index in [2.05, 4.69) is 9.47 Å². The summed E-state index contributed by atoms with van der Waals surface area (Å²) in [5, 5.41) is 8.76. The van der Waals surface area contributed by atoms with E-state index < -0.39 is 43.7 Å². The Morgan fingerprint density at radius 1 is 1.14 bits per heavy atom. The fraction of sp³-hybridized carbons (Fsp3) is 1.00. The first kappa shape index (κ1) is 19.3. The van der Waals surface area contributed by atoms with E-state index in [0.717, 1.165) is 0 Å². The molecular weight excluding hydrogens is 336 g/mol. The molecule has 4 nitrogen and oxygen atoms in total. The lowest BCUT2D eigenvalue weighted by atomic mass is 10.1. The highest BCUT2D eigenvalue weighted by Crippen LogP contribution is 2.48. The van der Waals surface area contributed by atoms with Gasteiger partial charge >= 0.3 is 24.4 Å². The zero-order chi connectivity index (χ0) is 17.2. The summed E-state index contributed by atoms with van der Waals surface area (Å²) in [6.45, 7) is -2.21. The van der Waals surface area contributed by atoms with Gasteiger partial charge in [0, 0.05) is 0 Å². The van der Waals surface area contributed by atoms with Crippen LogP contribution in [0.1, 0.15) is 0 Å². The van der Waals surface area contributed by atoms with Gasteiger partial charge in [-0.1, -0.05) is 0 Å². The lowest BCUT2D eigenvalue weighted by molar-refractivity contribution is -0.415. The van der Waals surface area contributed by atoms with Crippen molar-refractivity contribution in [2.45, 2.75) is 36.6 Å². The predicted molar refractivity (Wildman–Crippen MR) is 53.4 cm³/mol. The van der Waals surface area contributed by atoms with E-state index in [0.29, 0.717) is 6.61 Å². The van der Waals surface area contributed by atoms with Crippen LogP contribution in [0.15, 0.2) is 0 Å². The second-order valence-electron chi connectivity index (χ2n) is 4.42. The molecule has 0 spiro atoms. The molecule has 1 fully saturated rings. The lowest BCUT2D eigenvalue weighted by Gasteiger charge is -2.32. The maximum Gasteiger partial charge on any atom is 0.426 e. The molecule has 2 unspecified atom stereocenters. The molecule has 0 aliphatic carbocycles. The number of ether oxygens (including phenoxy) is 3. The molecule has 0 aromatic heterocycles. The van der Waals surface area contributed by atoms with Crippen LogP contribution >= 0.6 is 0 Å². The van der Waals surface area contributed by atoms with Gasteiger partial charge in [-0.3, -0.25) is 0 Å². The van der Waals surface area contributed by atoms with Crippen molar-refractivity contribution < 1.29 is 54.4 Å². The van der Waals surface area contributed by atoms with E-state index in [1.165, 1.54) is 0 Å². The third-order valence-corrected chi connectivity index (χ3v) is 2.63. The van der Waals surface area contributed by atoms with Crippen LogP contribution in [-0.4, -0.2) is 68.1 Å². The lowest BCUT2D eigenvalue weighted by Crippen LogP contribution is -2.59. The Bertz CT molecular complexity index is 361. The van der Waals surface area contributed by atoms with Crippen molar-refractivity contribution in [3.63, 3.8) is 0 Å². The number of hydrogen-bond acceptors (Lipinski definition) is 4. The van der Waals surface area contributed by atoms with Crippen LogP contribution in [0, 0.1) is 0 Å². The highest BCUT2D eigenvalue weighted by atomic mass is 19.4. The second kappa shape index (κ2) is 6.81. The van der Waals surface area contributed by atoms with Crippen molar-refractivity contribution in [1.82, 2.24) is 0 Å². The molecule has 0 aromatic rings. The summed E-state index contributed by atoms with van der Waals surface area (Å²) >= 11 is 0. The first-order chi connectivity index (χ1) is 9.95. The molecule has 1 aliphatic heterocycles. The van der Waals surface area contributed by atoms with E-state index >= 15 is 0 Å². The van der Waals surface area contributed by atoms with Gasteiger partial charge in [0.2, 0.25) is 0 Å². The maximum atomic E-state index is 13.0. The third kappa shape index (κ3) is 4.18. The van der Waals surface area contributed by atoms with E-state index in [1.54, 1.807) is 0 Å². The number of hydrogen-bond donors (Lipinski definition) is 1. The zero-order valence-corrected chi connectivity index (χ0v) is 10.8. The smallest absolute Gasteiger partial charge is 0.394 e. The Balaban J connectivity index is 2.63. The van der Waals surface area contributed by atoms with Crippen LogP contribution in [0.25, 0.3) is 0 Å². The molecule has 1 rings (SSSR count). The Hall–Kier alpha value is -0.720. The van der Waals surface area contributed by atoms with E-state index in [4.69, 9.17) is 9.84 Å². The molecule has 0 aromatic carbocycles. The fourth-order valence-electron chi connectivity index (χ4n) is 1.18. The first-order valence-electron chi connectivity index (χ1n) is 5.85. The Morgan fingerprint density at radius 3 is 2.09 bits per heavy atom. The highest BCUT2D eigenvalue weighted by Gasteiger charge is 2.76. The summed E-state index contributed by atoms with van der Waals surface area (Å²) in [6.07, 6.45) is -12.8. The van der Waals surface area contributed by atoms with Gasteiger partial charge < -0.3 is 19.3 Å². The van der Waals surface area contributed by atoms with E-state index in [1.807, 2.05) is 0 Å². The largest absolute Gasteiger partial charge is 0.426 e. The van der Waals surface area contributed by atoms with Gasteiger partial charge in [-0.2, -0.15) is 26.3 Å². The Labute approximate surface area is 118 Å². The quantitative estimate of drug-likeness (QED) is 0.484. The number of alkyl halides is 8. The maximum absolute atomic E-state index is 13.0. The fourth-order valence-corrected chi connectivity index (χ4v) is 1.18. The Morgan fingerprint density at radius 2 is 1.68 bits per heavy atom. The molecule has 1 heterocycles. The summed E-state index contributed by atoms with van der Waals surface area (Å²) in [7, 11) is 0. The van der Waals surface area contributed by atoms with E-state index in [-0.39, 0.29) is 12.7 Å². The number of rotatable bonds is 10. The minimum atomic E-state index is -6.45. The molecule has 0 bridgehead atoms. The Kier molecular flexibility index (Phi) is 5.98. The monoisotopic (exact) mass is 348 g/mol. The number of aliphatic hydroxyl groups excluding tert-OH is 1. The normalized spacial score (nSPS) is 21.3. The summed E-state index contributed by atoms with van der Waals surface area (Å²) in [6, 6.07) is 0. The predicted octanol–water partition coefficient (Wildman–Crippen LogP) is 1.91. The number of halogens is 8. The van der Waals surface area contributed by atoms with E-state index in [9.17, 15) is 35.1 Å². The van der Waals surface area contributed by atoms with Gasteiger partial charge in [0.15, 0.2) is 0 Å². The second-order valence-corrected chi connectivity index (χ2v) is 4.42. The molecule has 1 saturated heterocycles. The average molecular weight is 348 g/mol. The van der Waals surface area contributed by atoms with Crippen molar-refractivity contribution in [1.29, 1.82) is 0 Å². The minimum absolute atomic E-state index is 0.163. The molecule has 2 atom stereocenters. The van der Waals surface area contributed by atoms with Crippen LogP contribution in [0.4, 0.5) is 35.1 Å². The molecule has 1 N–H and O–H groups in total. The summed E-state index contributed by atoms with van der Waals surface area (Å²) in [5.74, 6) is -12.7. The number of epoxide rings is 1. The van der Waals surface area contributed by atoms with Gasteiger partial charge in [0.25, 0.3) is 0 Å². The summed E-state index contributed by atoms with van der Waals surface area (Å²) in [4.78, 5) is 0. The summed E-state index contributed by atoms with van der Waals surface area (Å²) < 4.78 is 113. The third-order valence-electron chi connectivity index (χ3n) is 2.63. The van der Waals surface area contributed by atoms with Gasteiger partial charge in [0.05, 0.1) is 26.4 Å². The number of aliphatic hydroxyl groups is 1. The minimum Gasteiger partial charge on any atom is -0.394 e. The SMILES string of the molecule is OCC(COC(F)(F)C(F)(F)C(F)(F)C(F)F)OCC1CO1. The van der Waals surface area contributed by atoms with Gasteiger partial charge in [-0.25, -0.2) is 8.78 Å². The molecule has 0 saturated carbocycles. The van der Waals surface area contributed by atoms with Crippen LogP contribution in [0.3, 0.4) is 0 Å². The molecule has 12 heteroatoms. The van der Waals surface area contributed by atoms with Crippen molar-refractivity contribution in [2.75, 3.05) is 26.4 Å². The molecule has 0 radical (unpaired) electrons. The van der Waals surface area contributed by atoms with Crippen molar-refractivity contribution >= 4 is 0 Å². The van der Waals surface area contributed by atoms with Crippen LogP contribution in [0.2, 0.25) is 0 Å². The molecule has 0 amide bonds. The average Bonchev–Trinajstić information content (AvgIpc) is 3.22. The molecular formula is C10H12F8O4. The van der Waals surface area contributed by atoms with Crippen molar-refractivity contribution in [2.24, 2.45) is 0 Å². The van der Waals surface area contributed by atoms with Crippen LogP contribution in [-0.2, 0) is 14.2 Å². The standard InChI is InChI=1S/C10H12F8O4/c11-7(12)8(13,14)9(15,16)10(17,18)22-4-5(1-19)20-2-6-3-21-6/h5-7,19H,1-4H2. The van der Waals surface area contributed by atoms with Crippen LogP contribution < -0.4 is 0 Å². The summed E-state index contributed by atoms with van der Waals surface area (Å²) in [5.41, 5.74) is 0. The first-order valence-corrected chi connectivity index (χ1v) is 5.85. The molecule has 132 valence electrons.